The highest BCUT2D eigenvalue weighted by atomic mass is 35.5. The van der Waals surface area contributed by atoms with Crippen molar-refractivity contribution in [3.8, 4) is 0 Å². The first kappa shape index (κ1) is 18.9. The second-order valence-corrected chi connectivity index (χ2v) is 7.18. The minimum atomic E-state index is -3.59. The molecule has 1 unspecified atom stereocenters. The first-order valence-corrected chi connectivity index (χ1v) is 8.51. The third-order valence-corrected chi connectivity index (χ3v) is 4.85. The Morgan fingerprint density at radius 2 is 2.09 bits per heavy atom. The molecule has 1 aromatic carbocycles. The van der Waals surface area contributed by atoms with Gasteiger partial charge in [-0.15, -0.1) is 12.4 Å². The molecule has 3 N–H and O–H groups in total. The normalized spacial score (nSPS) is 18.0. The maximum absolute atomic E-state index is 12.1. The summed E-state index contributed by atoms with van der Waals surface area (Å²) in [5.74, 6) is -0.245. The Kier molecular flexibility index (Phi) is 6.80. The van der Waals surface area contributed by atoms with Gasteiger partial charge in [0.1, 0.15) is 0 Å². The van der Waals surface area contributed by atoms with Crippen molar-refractivity contribution >= 4 is 28.3 Å². The molecule has 2 rings (SSSR count). The minimum Gasteiger partial charge on any atom is -0.348 e. The average Bonchev–Trinajstić information content (AvgIpc) is 2.90. The summed E-state index contributed by atoms with van der Waals surface area (Å²) in [7, 11) is -3.59. The number of amides is 1. The van der Waals surface area contributed by atoms with E-state index in [9.17, 15) is 13.2 Å². The molecule has 1 aliphatic rings. The first-order chi connectivity index (χ1) is 9.88. The highest BCUT2D eigenvalue weighted by Gasteiger charge is 2.20. The van der Waals surface area contributed by atoms with E-state index in [0.717, 1.165) is 19.5 Å². The summed E-state index contributed by atoms with van der Waals surface area (Å²) in [6, 6.07) is 5.99. The van der Waals surface area contributed by atoms with Crippen molar-refractivity contribution < 1.29 is 13.2 Å². The molecule has 6 nitrogen and oxygen atoms in total. The van der Waals surface area contributed by atoms with Crippen LogP contribution in [0, 0.1) is 0 Å². The molecule has 1 heterocycles. The van der Waals surface area contributed by atoms with Crippen LogP contribution in [0.2, 0.25) is 0 Å². The van der Waals surface area contributed by atoms with E-state index in [0.29, 0.717) is 5.56 Å². The number of halogens is 1. The smallest absolute Gasteiger partial charge is 0.251 e. The fourth-order valence-corrected chi connectivity index (χ4v) is 3.53. The van der Waals surface area contributed by atoms with E-state index in [4.69, 9.17) is 0 Å². The lowest BCUT2D eigenvalue weighted by Gasteiger charge is -2.13. The number of hydrogen-bond acceptors (Lipinski definition) is 4. The van der Waals surface area contributed by atoms with Crippen molar-refractivity contribution in [2.45, 2.75) is 37.2 Å². The molecule has 8 heteroatoms. The van der Waals surface area contributed by atoms with Gasteiger partial charge in [0.05, 0.1) is 4.90 Å². The van der Waals surface area contributed by atoms with Crippen LogP contribution in [0.15, 0.2) is 29.2 Å². The van der Waals surface area contributed by atoms with E-state index < -0.39 is 10.0 Å². The summed E-state index contributed by atoms with van der Waals surface area (Å²) in [6.07, 6.45) is 0.888. The van der Waals surface area contributed by atoms with Gasteiger partial charge in [-0.05, 0) is 45.0 Å². The van der Waals surface area contributed by atoms with Crippen LogP contribution < -0.4 is 15.4 Å². The van der Waals surface area contributed by atoms with Crippen LogP contribution in [-0.4, -0.2) is 39.5 Å². The third-order valence-electron chi connectivity index (χ3n) is 3.19. The lowest BCUT2D eigenvalue weighted by molar-refractivity contribution is 0.0940. The van der Waals surface area contributed by atoms with Crippen LogP contribution in [0.4, 0.5) is 0 Å². The van der Waals surface area contributed by atoms with Crippen LogP contribution in [0.5, 0.6) is 0 Å². The average molecular weight is 348 g/mol. The van der Waals surface area contributed by atoms with Crippen LogP contribution in [0.3, 0.4) is 0 Å². The number of benzene rings is 1. The van der Waals surface area contributed by atoms with E-state index >= 15 is 0 Å². The second kappa shape index (κ2) is 7.92. The van der Waals surface area contributed by atoms with Gasteiger partial charge in [-0.25, -0.2) is 13.1 Å². The zero-order chi connectivity index (χ0) is 15.5. The van der Waals surface area contributed by atoms with Gasteiger partial charge in [0.2, 0.25) is 10.0 Å². The number of rotatable bonds is 5. The lowest BCUT2D eigenvalue weighted by Crippen LogP contribution is -2.36. The summed E-state index contributed by atoms with van der Waals surface area (Å²) >= 11 is 0. The van der Waals surface area contributed by atoms with Gasteiger partial charge in [0, 0.05) is 24.2 Å². The zero-order valence-electron chi connectivity index (χ0n) is 12.6. The molecule has 0 radical (unpaired) electrons. The van der Waals surface area contributed by atoms with Crippen LogP contribution >= 0.6 is 12.4 Å². The van der Waals surface area contributed by atoms with Crippen molar-refractivity contribution in [2.75, 3.05) is 13.1 Å². The summed E-state index contributed by atoms with van der Waals surface area (Å²) in [4.78, 5) is 12.3. The molecule has 22 heavy (non-hydrogen) atoms. The van der Waals surface area contributed by atoms with Crippen LogP contribution in [0.25, 0.3) is 0 Å². The Bertz CT molecular complexity index is 614. The molecule has 1 saturated heterocycles. The van der Waals surface area contributed by atoms with Gasteiger partial charge in [-0.2, -0.15) is 0 Å². The molecule has 1 amide bonds. The van der Waals surface area contributed by atoms with E-state index in [-0.39, 0.29) is 35.3 Å². The van der Waals surface area contributed by atoms with Crippen LogP contribution in [0.1, 0.15) is 30.6 Å². The highest BCUT2D eigenvalue weighted by molar-refractivity contribution is 7.89. The fourth-order valence-electron chi connectivity index (χ4n) is 2.23. The Morgan fingerprint density at radius 3 is 2.68 bits per heavy atom. The number of hydrogen-bond donors (Lipinski definition) is 3. The van der Waals surface area contributed by atoms with Crippen molar-refractivity contribution in [3.63, 3.8) is 0 Å². The molecule has 1 fully saturated rings. The minimum absolute atomic E-state index is 0. The Hall–Kier alpha value is -1.15. The Labute approximate surface area is 137 Å². The summed E-state index contributed by atoms with van der Waals surface area (Å²) < 4.78 is 26.7. The van der Waals surface area contributed by atoms with Gasteiger partial charge < -0.3 is 10.6 Å². The maximum Gasteiger partial charge on any atom is 0.251 e. The second-order valence-electron chi connectivity index (χ2n) is 5.47. The van der Waals surface area contributed by atoms with E-state index in [1.54, 1.807) is 26.0 Å². The van der Waals surface area contributed by atoms with Gasteiger partial charge in [-0.1, -0.05) is 6.07 Å². The molecule has 0 saturated carbocycles. The van der Waals surface area contributed by atoms with Gasteiger partial charge in [0.15, 0.2) is 0 Å². The SMILES string of the molecule is CC(C)NS(=O)(=O)c1cccc(C(=O)NC2CCNC2)c1.Cl. The summed E-state index contributed by atoms with van der Waals surface area (Å²) in [5, 5.41) is 6.06. The third kappa shape index (κ3) is 4.95. The number of carbonyl (C=O) groups is 1. The molecule has 1 aromatic rings. The molecule has 1 aliphatic heterocycles. The monoisotopic (exact) mass is 347 g/mol. The number of carbonyl (C=O) groups excluding carboxylic acids is 1. The van der Waals surface area contributed by atoms with Crippen molar-refractivity contribution in [1.82, 2.24) is 15.4 Å². The maximum atomic E-state index is 12.1. The molecular weight excluding hydrogens is 326 g/mol. The fraction of sp³-hybridized carbons (Fsp3) is 0.500. The van der Waals surface area contributed by atoms with Crippen molar-refractivity contribution in [2.24, 2.45) is 0 Å². The summed E-state index contributed by atoms with van der Waals surface area (Å²) in [6.45, 7) is 5.14. The summed E-state index contributed by atoms with van der Waals surface area (Å²) in [5.41, 5.74) is 0.355. The first-order valence-electron chi connectivity index (χ1n) is 7.02. The topological polar surface area (TPSA) is 87.3 Å². The molecular formula is C14H22ClN3O3S. The number of sulfonamides is 1. The predicted octanol–water partition coefficient (Wildman–Crippen LogP) is 0.887. The highest BCUT2D eigenvalue weighted by Crippen LogP contribution is 2.12. The quantitative estimate of drug-likeness (QED) is 0.738. The molecule has 1 atom stereocenters. The molecule has 0 spiro atoms. The standard InChI is InChI=1S/C14H21N3O3S.ClH/c1-10(2)17-21(19,20)13-5-3-4-11(8-13)14(18)16-12-6-7-15-9-12;/h3-5,8,10,12,15,17H,6-7,9H2,1-2H3,(H,16,18);1H. The number of nitrogens with one attached hydrogen (secondary N) is 3. The van der Waals surface area contributed by atoms with E-state index in [1.165, 1.54) is 12.1 Å². The van der Waals surface area contributed by atoms with E-state index in [1.807, 2.05) is 0 Å². The van der Waals surface area contributed by atoms with Crippen molar-refractivity contribution in [1.29, 1.82) is 0 Å². The Balaban J connectivity index is 0.00000242. The zero-order valence-corrected chi connectivity index (χ0v) is 14.3. The van der Waals surface area contributed by atoms with Crippen LogP contribution in [-0.2, 0) is 10.0 Å². The lowest BCUT2D eigenvalue weighted by atomic mass is 10.2. The Morgan fingerprint density at radius 1 is 1.36 bits per heavy atom. The predicted molar refractivity (Wildman–Crippen MR) is 87.9 cm³/mol. The molecule has 0 bridgehead atoms. The molecule has 124 valence electrons. The molecule has 0 aromatic heterocycles. The van der Waals surface area contributed by atoms with E-state index in [2.05, 4.69) is 15.4 Å². The molecule has 0 aliphatic carbocycles. The van der Waals surface area contributed by atoms with Gasteiger partial charge >= 0.3 is 0 Å². The van der Waals surface area contributed by atoms with Gasteiger partial charge in [-0.3, -0.25) is 4.79 Å². The van der Waals surface area contributed by atoms with Crippen molar-refractivity contribution in [3.05, 3.63) is 29.8 Å². The van der Waals surface area contributed by atoms with Gasteiger partial charge in [0.25, 0.3) is 5.91 Å². The largest absolute Gasteiger partial charge is 0.348 e.